The van der Waals surface area contributed by atoms with Crippen molar-refractivity contribution in [1.82, 2.24) is 4.90 Å². The second kappa shape index (κ2) is 10.8. The fourth-order valence-electron chi connectivity index (χ4n) is 3.63. The molecule has 0 saturated carbocycles. The molecule has 1 fully saturated rings. The van der Waals surface area contributed by atoms with E-state index in [1.807, 2.05) is 32.0 Å². The summed E-state index contributed by atoms with van der Waals surface area (Å²) in [5.41, 5.74) is 1.91. The molecule has 0 radical (unpaired) electrons. The molecule has 3 rings (SSSR count). The van der Waals surface area contributed by atoms with Gasteiger partial charge in [-0.05, 0) is 30.5 Å². The lowest BCUT2D eigenvalue weighted by molar-refractivity contribution is -0.180. The summed E-state index contributed by atoms with van der Waals surface area (Å²) in [6.45, 7) is 6.28. The molecule has 0 N–H and O–H groups in total. The molecule has 32 heavy (non-hydrogen) atoms. The second-order valence-electron chi connectivity index (χ2n) is 8.53. The molecule has 9 nitrogen and oxygen atoms in total. The van der Waals surface area contributed by atoms with E-state index in [0.717, 1.165) is 48.8 Å². The van der Waals surface area contributed by atoms with Gasteiger partial charge in [-0.2, -0.15) is 8.42 Å². The average Bonchev–Trinajstić information content (AvgIpc) is 3.08. The van der Waals surface area contributed by atoms with Crippen LogP contribution in [0.3, 0.4) is 0 Å². The first-order chi connectivity index (χ1) is 15.1. The van der Waals surface area contributed by atoms with Crippen molar-refractivity contribution in [3.05, 3.63) is 29.3 Å². The molecule has 1 atom stereocenters. The van der Waals surface area contributed by atoms with Crippen molar-refractivity contribution in [1.29, 1.82) is 0 Å². The summed E-state index contributed by atoms with van der Waals surface area (Å²) in [4.78, 5) is 14.0. The van der Waals surface area contributed by atoms with Gasteiger partial charge in [-0.1, -0.05) is 18.9 Å². The molecule has 2 aliphatic rings. The van der Waals surface area contributed by atoms with E-state index < -0.39 is 15.9 Å². The van der Waals surface area contributed by atoms with Crippen molar-refractivity contribution in [2.24, 2.45) is 0 Å². The number of amides is 1. The average molecular weight is 472 g/mol. The zero-order valence-electron chi connectivity index (χ0n) is 19.0. The van der Waals surface area contributed by atoms with Gasteiger partial charge in [-0.25, -0.2) is 4.79 Å². The van der Waals surface area contributed by atoms with Gasteiger partial charge in [-0.15, -0.1) is 0 Å². The first-order valence-electron chi connectivity index (χ1n) is 11.0. The minimum atomic E-state index is -3.41. The van der Waals surface area contributed by atoms with Gasteiger partial charge < -0.3 is 23.8 Å². The molecule has 1 amide bonds. The highest BCUT2D eigenvalue weighted by molar-refractivity contribution is 7.85. The fraction of sp³-hybridized carbons (Fsp3) is 0.682. The summed E-state index contributed by atoms with van der Waals surface area (Å²) < 4.78 is 48.7. The lowest BCUT2D eigenvalue weighted by Crippen LogP contribution is -2.35. The maximum Gasteiger partial charge on any atom is 0.410 e. The SMILES string of the molecule is CC1(C)OCc2cc([C@@H]3CN(CCCCCCOCCOS(C)(=O)=O)C(=O)O3)ccc2O1. The number of hydrogen-bond acceptors (Lipinski definition) is 8. The Kier molecular flexibility index (Phi) is 8.37. The Hall–Kier alpha value is -1.88. The number of rotatable bonds is 12. The van der Waals surface area contributed by atoms with E-state index in [1.165, 1.54) is 0 Å². The lowest BCUT2D eigenvalue weighted by atomic mass is 10.0. The third-order valence-electron chi connectivity index (χ3n) is 5.27. The molecule has 1 saturated heterocycles. The van der Waals surface area contributed by atoms with E-state index in [9.17, 15) is 13.2 Å². The van der Waals surface area contributed by atoms with Crippen molar-refractivity contribution in [3.63, 3.8) is 0 Å². The number of carbonyl (C=O) groups excluding carboxylic acids is 1. The molecule has 180 valence electrons. The fourth-order valence-corrected chi connectivity index (χ4v) is 4.00. The number of ether oxygens (including phenoxy) is 4. The van der Waals surface area contributed by atoms with Crippen molar-refractivity contribution < 1.29 is 36.3 Å². The van der Waals surface area contributed by atoms with Crippen LogP contribution in [0.15, 0.2) is 18.2 Å². The standard InChI is InChI=1S/C22H33NO8S/c1-22(2)28-16-18-14-17(8-9-19(18)31-22)20-15-23(21(24)30-20)10-6-4-5-7-11-27-12-13-29-32(3,25)26/h8-9,14,20H,4-7,10-13,15-16H2,1-3H3/t20-/m0/s1. The summed E-state index contributed by atoms with van der Waals surface area (Å²) in [5.74, 6) is 0.169. The third-order valence-corrected chi connectivity index (χ3v) is 5.86. The monoisotopic (exact) mass is 471 g/mol. The lowest BCUT2D eigenvalue weighted by Gasteiger charge is -2.32. The molecule has 0 bridgehead atoms. The summed E-state index contributed by atoms with van der Waals surface area (Å²) in [6.07, 6.45) is 4.16. The first kappa shape index (κ1) is 24.8. The van der Waals surface area contributed by atoms with Crippen LogP contribution in [0, 0.1) is 0 Å². The predicted octanol–water partition coefficient (Wildman–Crippen LogP) is 3.38. The predicted molar refractivity (Wildman–Crippen MR) is 117 cm³/mol. The van der Waals surface area contributed by atoms with Crippen LogP contribution in [0.2, 0.25) is 0 Å². The van der Waals surface area contributed by atoms with Crippen LogP contribution in [0.25, 0.3) is 0 Å². The molecule has 10 heteroatoms. The third kappa shape index (κ3) is 7.61. The van der Waals surface area contributed by atoms with E-state index in [2.05, 4.69) is 4.18 Å². The Morgan fingerprint density at radius 3 is 2.69 bits per heavy atom. The summed E-state index contributed by atoms with van der Waals surface area (Å²) in [5, 5.41) is 0. The van der Waals surface area contributed by atoms with Crippen LogP contribution < -0.4 is 4.74 Å². The molecule has 2 heterocycles. The maximum atomic E-state index is 12.2. The highest BCUT2D eigenvalue weighted by Crippen LogP contribution is 2.35. The van der Waals surface area contributed by atoms with E-state index in [0.29, 0.717) is 26.3 Å². The van der Waals surface area contributed by atoms with Crippen molar-refractivity contribution in [2.45, 2.75) is 58.0 Å². The van der Waals surface area contributed by atoms with Crippen LogP contribution in [0.1, 0.15) is 56.8 Å². The minimum Gasteiger partial charge on any atom is -0.463 e. The number of nitrogens with zero attached hydrogens (tertiary/aromatic N) is 1. The Labute approximate surface area is 190 Å². The molecule has 1 aromatic carbocycles. The van der Waals surface area contributed by atoms with Crippen LogP contribution in [0.5, 0.6) is 5.75 Å². The second-order valence-corrected chi connectivity index (χ2v) is 10.2. The molecule has 0 aromatic heterocycles. The van der Waals surface area contributed by atoms with Crippen molar-refractivity contribution in [2.75, 3.05) is 39.2 Å². The van der Waals surface area contributed by atoms with Crippen LogP contribution >= 0.6 is 0 Å². The molecule has 2 aliphatic heterocycles. The number of carbonyl (C=O) groups is 1. The molecule has 0 spiro atoms. The van der Waals surface area contributed by atoms with E-state index in [-0.39, 0.29) is 25.4 Å². The summed E-state index contributed by atoms with van der Waals surface area (Å²) >= 11 is 0. The van der Waals surface area contributed by atoms with Gasteiger partial charge in [0.2, 0.25) is 5.79 Å². The van der Waals surface area contributed by atoms with Crippen LogP contribution in [-0.2, 0) is 35.1 Å². The van der Waals surface area contributed by atoms with Crippen LogP contribution in [-0.4, -0.2) is 64.4 Å². The first-order valence-corrected chi connectivity index (χ1v) is 12.8. The van der Waals surface area contributed by atoms with Gasteiger partial charge in [0, 0.05) is 32.6 Å². The van der Waals surface area contributed by atoms with Gasteiger partial charge in [-0.3, -0.25) is 4.18 Å². The number of fused-ring (bicyclic) bond motifs is 1. The highest BCUT2D eigenvalue weighted by atomic mass is 32.2. The number of cyclic esters (lactones) is 1. The number of hydrogen-bond donors (Lipinski definition) is 0. The topological polar surface area (TPSA) is 101 Å². The van der Waals surface area contributed by atoms with Gasteiger partial charge in [0.25, 0.3) is 10.1 Å². The molecule has 1 aromatic rings. The quantitative estimate of drug-likeness (QED) is 0.338. The minimum absolute atomic E-state index is 0.0410. The van der Waals surface area contributed by atoms with Crippen molar-refractivity contribution >= 4 is 16.2 Å². The molecule has 0 unspecified atom stereocenters. The van der Waals surface area contributed by atoms with Crippen LogP contribution in [0.4, 0.5) is 4.79 Å². The maximum absolute atomic E-state index is 12.2. The Balaban J connectivity index is 1.32. The molecule has 0 aliphatic carbocycles. The van der Waals surface area contributed by atoms with Gasteiger partial charge >= 0.3 is 6.09 Å². The Morgan fingerprint density at radius 2 is 1.91 bits per heavy atom. The highest BCUT2D eigenvalue weighted by Gasteiger charge is 2.33. The Bertz CT molecular complexity index is 886. The largest absolute Gasteiger partial charge is 0.463 e. The zero-order chi connectivity index (χ0) is 23.2. The smallest absolute Gasteiger partial charge is 0.410 e. The Morgan fingerprint density at radius 1 is 1.12 bits per heavy atom. The van der Waals surface area contributed by atoms with E-state index >= 15 is 0 Å². The van der Waals surface area contributed by atoms with Crippen molar-refractivity contribution in [3.8, 4) is 5.75 Å². The van der Waals surface area contributed by atoms with Gasteiger partial charge in [0.05, 0.1) is 32.6 Å². The number of unbranched alkanes of at least 4 members (excludes halogenated alkanes) is 3. The normalized spacial score (nSPS) is 20.0. The molecular formula is C22H33NO8S. The summed E-state index contributed by atoms with van der Waals surface area (Å²) in [7, 11) is -3.41. The summed E-state index contributed by atoms with van der Waals surface area (Å²) in [6, 6.07) is 5.86. The van der Waals surface area contributed by atoms with E-state index in [1.54, 1.807) is 4.90 Å². The van der Waals surface area contributed by atoms with Gasteiger partial charge in [0.1, 0.15) is 11.9 Å². The van der Waals surface area contributed by atoms with E-state index in [4.69, 9.17) is 18.9 Å². The number of benzene rings is 1. The zero-order valence-corrected chi connectivity index (χ0v) is 19.8. The van der Waals surface area contributed by atoms with Gasteiger partial charge in [0.15, 0.2) is 0 Å². The molecular weight excluding hydrogens is 438 g/mol.